The molecule has 1 aliphatic carbocycles. The third-order valence-electron chi connectivity index (χ3n) is 8.31. The number of carbonyl (C=O) groups excluding carboxylic acids is 1. The van der Waals surface area contributed by atoms with E-state index in [2.05, 4.69) is 59.5 Å². The van der Waals surface area contributed by atoms with Crippen molar-refractivity contribution in [3.05, 3.63) is 89.7 Å². The van der Waals surface area contributed by atoms with E-state index in [1.165, 1.54) is 22.8 Å². The lowest BCUT2D eigenvalue weighted by molar-refractivity contribution is -0.124. The van der Waals surface area contributed by atoms with Gasteiger partial charge in [0.25, 0.3) is 0 Å². The number of benzene rings is 3. The van der Waals surface area contributed by atoms with Crippen LogP contribution in [0.15, 0.2) is 72.8 Å². The van der Waals surface area contributed by atoms with Crippen molar-refractivity contribution in [3.8, 4) is 11.1 Å². The fourth-order valence-corrected chi connectivity index (χ4v) is 6.08. The van der Waals surface area contributed by atoms with Gasteiger partial charge in [0.2, 0.25) is 5.91 Å². The van der Waals surface area contributed by atoms with Crippen molar-refractivity contribution in [2.45, 2.75) is 44.1 Å². The summed E-state index contributed by atoms with van der Waals surface area (Å²) < 4.78 is 14.3. The molecule has 3 aromatic carbocycles. The predicted octanol–water partition coefficient (Wildman–Crippen LogP) is 6.17. The lowest BCUT2D eigenvalue weighted by Crippen LogP contribution is -2.47. The summed E-state index contributed by atoms with van der Waals surface area (Å²) in [5, 5.41) is 0. The van der Waals surface area contributed by atoms with E-state index in [0.29, 0.717) is 6.54 Å². The van der Waals surface area contributed by atoms with Crippen molar-refractivity contribution in [1.29, 1.82) is 0 Å². The highest BCUT2D eigenvalue weighted by Gasteiger charge is 2.47. The first kappa shape index (κ1) is 21.5. The Balaban J connectivity index is 1.21. The first-order valence-electron chi connectivity index (χ1n) is 12.6. The number of fused-ring (bicyclic) bond motifs is 2. The standard InChI is InChI=1S/C30H31FN2O/c31-25-13-14-28-27(19-25)30(21-33(28)29(34)23-10-6-11-23)15-17-32(18-16-30)20-24-9-4-5-12-26(24)22-7-2-1-3-8-22/h1-5,7-9,12-14,19,23H,6,10-11,15-18,20-21H2. The molecule has 3 aromatic rings. The Kier molecular flexibility index (Phi) is 5.49. The van der Waals surface area contributed by atoms with Gasteiger partial charge >= 0.3 is 0 Å². The number of amides is 1. The quantitative estimate of drug-likeness (QED) is 0.470. The van der Waals surface area contributed by atoms with Crippen LogP contribution in [0.5, 0.6) is 0 Å². The maximum Gasteiger partial charge on any atom is 0.230 e. The lowest BCUT2D eigenvalue weighted by Gasteiger charge is -2.40. The molecule has 174 valence electrons. The number of halogens is 1. The third kappa shape index (κ3) is 3.74. The van der Waals surface area contributed by atoms with Crippen molar-refractivity contribution < 1.29 is 9.18 Å². The zero-order valence-electron chi connectivity index (χ0n) is 19.6. The molecule has 0 atom stereocenters. The third-order valence-corrected chi connectivity index (χ3v) is 8.31. The second-order valence-corrected chi connectivity index (χ2v) is 10.3. The van der Waals surface area contributed by atoms with Crippen LogP contribution in [-0.4, -0.2) is 30.4 Å². The highest BCUT2D eigenvalue weighted by molar-refractivity contribution is 5.98. The zero-order valence-corrected chi connectivity index (χ0v) is 19.6. The predicted molar refractivity (Wildman–Crippen MR) is 134 cm³/mol. The number of anilines is 1. The van der Waals surface area contributed by atoms with Gasteiger partial charge in [-0.05, 0) is 79.2 Å². The molecule has 1 amide bonds. The molecule has 2 heterocycles. The summed E-state index contributed by atoms with van der Waals surface area (Å²) in [4.78, 5) is 17.7. The Morgan fingerprint density at radius 3 is 2.41 bits per heavy atom. The minimum atomic E-state index is -0.199. The van der Waals surface area contributed by atoms with E-state index in [1.54, 1.807) is 6.07 Å². The zero-order chi connectivity index (χ0) is 23.1. The van der Waals surface area contributed by atoms with Crippen molar-refractivity contribution in [2.24, 2.45) is 5.92 Å². The molecule has 0 N–H and O–H groups in total. The first-order valence-corrected chi connectivity index (χ1v) is 12.6. The highest BCUT2D eigenvalue weighted by Crippen LogP contribution is 2.48. The van der Waals surface area contributed by atoms with Gasteiger partial charge in [0.15, 0.2) is 0 Å². The van der Waals surface area contributed by atoms with Crippen LogP contribution in [0.4, 0.5) is 10.1 Å². The fourth-order valence-electron chi connectivity index (χ4n) is 6.08. The number of hydrogen-bond donors (Lipinski definition) is 0. The normalized spacial score (nSPS) is 19.7. The van der Waals surface area contributed by atoms with Gasteiger partial charge in [0.1, 0.15) is 5.82 Å². The van der Waals surface area contributed by atoms with E-state index in [0.717, 1.165) is 63.0 Å². The van der Waals surface area contributed by atoms with Crippen LogP contribution in [0.1, 0.15) is 43.2 Å². The molecular formula is C30H31FN2O. The monoisotopic (exact) mass is 454 g/mol. The van der Waals surface area contributed by atoms with Gasteiger partial charge in [-0.1, -0.05) is 61.0 Å². The molecule has 6 rings (SSSR count). The van der Waals surface area contributed by atoms with E-state index in [-0.39, 0.29) is 23.1 Å². The Hall–Kier alpha value is -2.98. The molecule has 3 nitrogen and oxygen atoms in total. The Morgan fingerprint density at radius 1 is 0.941 bits per heavy atom. The summed E-state index contributed by atoms with van der Waals surface area (Å²) in [6.45, 7) is 3.51. The average molecular weight is 455 g/mol. The van der Waals surface area contributed by atoms with Crippen LogP contribution in [0, 0.1) is 11.7 Å². The number of piperidine rings is 1. The Morgan fingerprint density at radius 2 is 1.68 bits per heavy atom. The number of likely N-dealkylation sites (tertiary alicyclic amines) is 1. The van der Waals surface area contributed by atoms with Gasteiger partial charge in [-0.3, -0.25) is 9.69 Å². The van der Waals surface area contributed by atoms with Crippen molar-refractivity contribution >= 4 is 11.6 Å². The number of nitrogens with zero attached hydrogens (tertiary/aromatic N) is 2. The molecule has 2 fully saturated rings. The number of carbonyl (C=O) groups is 1. The van der Waals surface area contributed by atoms with Crippen LogP contribution >= 0.6 is 0 Å². The lowest BCUT2D eigenvalue weighted by atomic mass is 9.74. The summed E-state index contributed by atoms with van der Waals surface area (Å²) in [6.07, 6.45) is 5.03. The minimum absolute atomic E-state index is 0.133. The molecule has 3 aliphatic rings. The summed E-state index contributed by atoms with van der Waals surface area (Å²) >= 11 is 0. The fraction of sp³-hybridized carbons (Fsp3) is 0.367. The average Bonchev–Trinajstić information content (AvgIpc) is 3.14. The van der Waals surface area contributed by atoms with Gasteiger partial charge < -0.3 is 4.90 Å². The smallest absolute Gasteiger partial charge is 0.230 e. The molecule has 4 heteroatoms. The van der Waals surface area contributed by atoms with Crippen molar-refractivity contribution in [3.63, 3.8) is 0 Å². The van der Waals surface area contributed by atoms with Crippen LogP contribution in [0.3, 0.4) is 0 Å². The second kappa shape index (κ2) is 8.66. The van der Waals surface area contributed by atoms with Crippen molar-refractivity contribution in [1.82, 2.24) is 4.90 Å². The molecule has 0 radical (unpaired) electrons. The van der Waals surface area contributed by atoms with E-state index < -0.39 is 0 Å². The van der Waals surface area contributed by atoms with Crippen LogP contribution in [-0.2, 0) is 16.8 Å². The van der Waals surface area contributed by atoms with Gasteiger partial charge in [0, 0.05) is 30.1 Å². The topological polar surface area (TPSA) is 23.6 Å². The van der Waals surface area contributed by atoms with Crippen LogP contribution in [0.25, 0.3) is 11.1 Å². The first-order chi connectivity index (χ1) is 16.6. The van der Waals surface area contributed by atoms with Gasteiger partial charge in [-0.25, -0.2) is 4.39 Å². The molecule has 2 aliphatic heterocycles. The molecule has 1 saturated heterocycles. The van der Waals surface area contributed by atoms with Gasteiger partial charge in [0.05, 0.1) is 0 Å². The van der Waals surface area contributed by atoms with Gasteiger partial charge in [-0.15, -0.1) is 0 Å². The van der Waals surface area contributed by atoms with E-state index in [1.807, 2.05) is 11.0 Å². The van der Waals surface area contributed by atoms with Crippen LogP contribution in [0.2, 0.25) is 0 Å². The van der Waals surface area contributed by atoms with E-state index >= 15 is 0 Å². The SMILES string of the molecule is O=C(C1CCC1)N1CC2(CCN(Cc3ccccc3-c3ccccc3)CC2)c2cc(F)ccc21. The minimum Gasteiger partial charge on any atom is -0.311 e. The van der Waals surface area contributed by atoms with E-state index in [4.69, 9.17) is 0 Å². The van der Waals surface area contributed by atoms with E-state index in [9.17, 15) is 9.18 Å². The highest BCUT2D eigenvalue weighted by atomic mass is 19.1. The maximum atomic E-state index is 14.3. The molecule has 0 bridgehead atoms. The Labute approximate surface area is 201 Å². The van der Waals surface area contributed by atoms with Crippen LogP contribution < -0.4 is 4.90 Å². The largest absolute Gasteiger partial charge is 0.311 e. The number of hydrogen-bond acceptors (Lipinski definition) is 2. The van der Waals surface area contributed by atoms with Gasteiger partial charge in [-0.2, -0.15) is 0 Å². The summed E-state index contributed by atoms with van der Waals surface area (Å²) in [5.74, 6) is 0.202. The molecule has 0 aromatic heterocycles. The Bertz CT molecular complexity index is 1200. The maximum absolute atomic E-state index is 14.3. The summed E-state index contributed by atoms with van der Waals surface area (Å²) in [7, 11) is 0. The van der Waals surface area contributed by atoms with Crippen molar-refractivity contribution in [2.75, 3.05) is 24.5 Å². The summed E-state index contributed by atoms with van der Waals surface area (Å²) in [6, 6.07) is 24.3. The molecular weight excluding hydrogens is 423 g/mol. The molecule has 34 heavy (non-hydrogen) atoms. The molecule has 1 saturated carbocycles. The molecule has 0 unspecified atom stereocenters. The number of rotatable bonds is 4. The molecule has 1 spiro atoms. The summed E-state index contributed by atoms with van der Waals surface area (Å²) in [5.41, 5.74) is 5.73. The second-order valence-electron chi connectivity index (χ2n) is 10.3.